The van der Waals surface area contributed by atoms with Gasteiger partial charge in [-0.3, -0.25) is 9.69 Å². The zero-order valence-corrected chi connectivity index (χ0v) is 14.6. The first-order valence-corrected chi connectivity index (χ1v) is 8.57. The first-order valence-electron chi connectivity index (χ1n) is 8.57. The molecule has 6 nitrogen and oxygen atoms in total. The number of carbonyl (C=O) groups excluding carboxylic acids is 1. The molecule has 1 aliphatic heterocycles. The van der Waals surface area contributed by atoms with Crippen molar-refractivity contribution in [1.82, 2.24) is 15.1 Å². The molecule has 1 aliphatic rings. The van der Waals surface area contributed by atoms with Crippen molar-refractivity contribution < 1.29 is 9.18 Å². The Morgan fingerprint density at radius 1 is 1.31 bits per heavy atom. The summed E-state index contributed by atoms with van der Waals surface area (Å²) in [6.07, 6.45) is 1.48. The van der Waals surface area contributed by atoms with E-state index in [0.29, 0.717) is 17.9 Å². The lowest BCUT2D eigenvalue weighted by atomic mass is 9.95. The Hall–Kier alpha value is -2.85. The maximum atomic E-state index is 13.7. The van der Waals surface area contributed by atoms with Crippen molar-refractivity contribution in [2.24, 2.45) is 5.92 Å². The van der Waals surface area contributed by atoms with E-state index in [4.69, 9.17) is 5.26 Å². The quantitative estimate of drug-likeness (QED) is 0.914. The van der Waals surface area contributed by atoms with Gasteiger partial charge in [-0.05, 0) is 62.2 Å². The van der Waals surface area contributed by atoms with Gasteiger partial charge in [0.15, 0.2) is 11.5 Å². The second-order valence-corrected chi connectivity index (χ2v) is 6.54. The van der Waals surface area contributed by atoms with Crippen molar-refractivity contribution in [3.8, 4) is 6.07 Å². The Kier molecular flexibility index (Phi) is 5.54. The van der Waals surface area contributed by atoms with E-state index >= 15 is 0 Å². The number of anilines is 1. The summed E-state index contributed by atoms with van der Waals surface area (Å²) >= 11 is 0. The van der Waals surface area contributed by atoms with Gasteiger partial charge < -0.3 is 5.32 Å². The van der Waals surface area contributed by atoms with Crippen LogP contribution in [0.4, 0.5) is 10.2 Å². The number of nitrogens with one attached hydrogen (secondary N) is 1. The minimum absolute atomic E-state index is 0.0787. The number of aryl methyl sites for hydroxylation is 1. The normalized spacial score (nSPS) is 15.4. The van der Waals surface area contributed by atoms with Crippen LogP contribution in [0.1, 0.15) is 29.7 Å². The highest BCUT2D eigenvalue weighted by Crippen LogP contribution is 2.21. The van der Waals surface area contributed by atoms with Gasteiger partial charge in [-0.15, -0.1) is 10.2 Å². The van der Waals surface area contributed by atoms with Crippen LogP contribution < -0.4 is 5.32 Å². The number of likely N-dealkylation sites (tertiary alicyclic amines) is 1. The van der Waals surface area contributed by atoms with Crippen LogP contribution in [0.25, 0.3) is 0 Å². The summed E-state index contributed by atoms with van der Waals surface area (Å²) in [6, 6.07) is 10.3. The van der Waals surface area contributed by atoms with Gasteiger partial charge >= 0.3 is 0 Å². The summed E-state index contributed by atoms with van der Waals surface area (Å²) in [6.45, 7) is 4.01. The van der Waals surface area contributed by atoms with E-state index < -0.39 is 0 Å². The van der Waals surface area contributed by atoms with Gasteiger partial charge in [-0.2, -0.15) is 5.26 Å². The second-order valence-electron chi connectivity index (χ2n) is 6.54. The molecule has 0 radical (unpaired) electrons. The average molecular weight is 353 g/mol. The Morgan fingerprint density at radius 2 is 2.08 bits per heavy atom. The zero-order chi connectivity index (χ0) is 18.5. The number of nitriles is 1. The highest BCUT2D eigenvalue weighted by atomic mass is 19.1. The number of hydrogen-bond donors (Lipinski definition) is 1. The monoisotopic (exact) mass is 353 g/mol. The van der Waals surface area contributed by atoms with E-state index in [1.54, 1.807) is 25.1 Å². The largest absolute Gasteiger partial charge is 0.309 e. The Balaban J connectivity index is 1.50. The van der Waals surface area contributed by atoms with E-state index in [1.165, 1.54) is 6.07 Å². The predicted octanol–water partition coefficient (Wildman–Crippen LogP) is 2.65. The summed E-state index contributed by atoms with van der Waals surface area (Å²) < 4.78 is 13.7. The third kappa shape index (κ3) is 4.41. The van der Waals surface area contributed by atoms with Crippen molar-refractivity contribution in [2.75, 3.05) is 18.4 Å². The maximum absolute atomic E-state index is 13.7. The number of rotatable bonds is 4. The van der Waals surface area contributed by atoms with Gasteiger partial charge in [0.2, 0.25) is 5.91 Å². The van der Waals surface area contributed by atoms with Crippen molar-refractivity contribution in [1.29, 1.82) is 5.26 Å². The highest BCUT2D eigenvalue weighted by Gasteiger charge is 2.25. The van der Waals surface area contributed by atoms with E-state index in [0.717, 1.165) is 31.5 Å². The van der Waals surface area contributed by atoms with Gasteiger partial charge in [0, 0.05) is 12.5 Å². The summed E-state index contributed by atoms with van der Waals surface area (Å²) in [4.78, 5) is 14.6. The average Bonchev–Trinajstić information content (AvgIpc) is 2.66. The smallest absolute Gasteiger partial charge is 0.228 e. The fourth-order valence-corrected chi connectivity index (χ4v) is 3.03. The van der Waals surface area contributed by atoms with Crippen LogP contribution in [0.5, 0.6) is 0 Å². The summed E-state index contributed by atoms with van der Waals surface area (Å²) in [7, 11) is 0. The number of aromatic nitrogens is 2. The second kappa shape index (κ2) is 8.02. The number of benzene rings is 1. The van der Waals surface area contributed by atoms with Crippen LogP contribution in [0.3, 0.4) is 0 Å². The molecular formula is C19H20FN5O. The first-order chi connectivity index (χ1) is 12.5. The molecule has 1 aromatic carbocycles. The molecule has 0 spiro atoms. The standard InChI is InChI=1S/C19H20FN5O/c1-13-2-3-14(10-17(13)20)12-25-8-6-15(7-9-25)19(26)22-18-5-4-16(11-21)23-24-18/h2-5,10,15H,6-9,12H2,1H3,(H,22,24,26). The molecule has 0 atom stereocenters. The van der Waals surface area contributed by atoms with Gasteiger partial charge in [0.25, 0.3) is 0 Å². The van der Waals surface area contributed by atoms with E-state index in [9.17, 15) is 9.18 Å². The topological polar surface area (TPSA) is 81.9 Å². The van der Waals surface area contributed by atoms with Crippen LogP contribution >= 0.6 is 0 Å². The maximum Gasteiger partial charge on any atom is 0.228 e. The lowest BCUT2D eigenvalue weighted by Crippen LogP contribution is -2.37. The van der Waals surface area contributed by atoms with Crippen molar-refractivity contribution in [3.63, 3.8) is 0 Å². The summed E-state index contributed by atoms with van der Waals surface area (Å²) in [5.41, 5.74) is 1.81. The molecule has 0 saturated carbocycles. The van der Waals surface area contributed by atoms with Gasteiger partial charge in [-0.25, -0.2) is 4.39 Å². The lowest BCUT2D eigenvalue weighted by molar-refractivity contribution is -0.121. The molecule has 0 bridgehead atoms. The van der Waals surface area contributed by atoms with Crippen LogP contribution in [0, 0.1) is 30.0 Å². The number of nitrogens with zero attached hydrogens (tertiary/aromatic N) is 4. The predicted molar refractivity (Wildman–Crippen MR) is 94.5 cm³/mol. The molecular weight excluding hydrogens is 333 g/mol. The molecule has 26 heavy (non-hydrogen) atoms. The van der Waals surface area contributed by atoms with E-state index in [2.05, 4.69) is 20.4 Å². The molecule has 3 rings (SSSR count). The Morgan fingerprint density at radius 3 is 2.69 bits per heavy atom. The minimum atomic E-state index is -0.180. The molecule has 1 saturated heterocycles. The van der Waals surface area contributed by atoms with Crippen LogP contribution in [0.15, 0.2) is 30.3 Å². The van der Waals surface area contributed by atoms with E-state index in [-0.39, 0.29) is 23.3 Å². The van der Waals surface area contributed by atoms with Crippen LogP contribution in [0.2, 0.25) is 0 Å². The van der Waals surface area contributed by atoms with Crippen molar-refractivity contribution in [2.45, 2.75) is 26.3 Å². The fourth-order valence-electron chi connectivity index (χ4n) is 3.03. The zero-order valence-electron chi connectivity index (χ0n) is 14.6. The fraction of sp³-hybridized carbons (Fsp3) is 0.368. The van der Waals surface area contributed by atoms with Crippen molar-refractivity contribution in [3.05, 3.63) is 53.0 Å². The molecule has 7 heteroatoms. The number of carbonyl (C=O) groups is 1. The van der Waals surface area contributed by atoms with Crippen molar-refractivity contribution >= 4 is 11.7 Å². The highest BCUT2D eigenvalue weighted by molar-refractivity contribution is 5.91. The Labute approximate surface area is 151 Å². The molecule has 2 aromatic rings. The number of amides is 1. The third-order valence-electron chi connectivity index (χ3n) is 4.63. The van der Waals surface area contributed by atoms with E-state index in [1.807, 2.05) is 12.1 Å². The molecule has 0 aliphatic carbocycles. The summed E-state index contributed by atoms with van der Waals surface area (Å²) in [5, 5.41) is 19.0. The minimum Gasteiger partial charge on any atom is -0.309 e. The van der Waals surface area contributed by atoms with Gasteiger partial charge in [-0.1, -0.05) is 12.1 Å². The van der Waals surface area contributed by atoms with Crippen LogP contribution in [-0.2, 0) is 11.3 Å². The Bertz CT molecular complexity index is 823. The molecule has 1 fully saturated rings. The molecule has 0 unspecified atom stereocenters. The molecule has 134 valence electrons. The summed E-state index contributed by atoms with van der Waals surface area (Å²) in [5.74, 6) is 0.00957. The molecule has 1 amide bonds. The first kappa shape index (κ1) is 18.0. The van der Waals surface area contributed by atoms with Gasteiger partial charge in [0.05, 0.1) is 0 Å². The SMILES string of the molecule is Cc1ccc(CN2CCC(C(=O)Nc3ccc(C#N)nn3)CC2)cc1F. The third-order valence-corrected chi connectivity index (χ3v) is 4.63. The number of hydrogen-bond acceptors (Lipinski definition) is 5. The number of halogens is 1. The molecule has 2 heterocycles. The lowest BCUT2D eigenvalue weighted by Gasteiger charge is -2.31. The van der Waals surface area contributed by atoms with Crippen LogP contribution in [-0.4, -0.2) is 34.1 Å². The molecule has 1 N–H and O–H groups in total. The van der Waals surface area contributed by atoms with Gasteiger partial charge in [0.1, 0.15) is 11.9 Å². The number of piperidine rings is 1. The molecule has 1 aromatic heterocycles.